The van der Waals surface area contributed by atoms with Crippen molar-refractivity contribution >= 4 is 11.8 Å². The summed E-state index contributed by atoms with van der Waals surface area (Å²) < 4.78 is 0. The fraction of sp³-hybridized carbons (Fsp3) is 0.133. The second-order valence-corrected chi connectivity index (χ2v) is 4.75. The van der Waals surface area contributed by atoms with Crippen LogP contribution in [0.5, 0.6) is 0 Å². The largest absolute Gasteiger partial charge is 0.198 e. The molecule has 17 heavy (non-hydrogen) atoms. The van der Waals surface area contributed by atoms with Crippen molar-refractivity contribution in [3.05, 3.63) is 66.6 Å². The van der Waals surface area contributed by atoms with Gasteiger partial charge in [-0.15, -0.1) is 12.1 Å². The van der Waals surface area contributed by atoms with Gasteiger partial charge in [0, 0.05) is 26.0 Å². The van der Waals surface area contributed by atoms with Crippen molar-refractivity contribution in [2.24, 2.45) is 0 Å². The molecule has 2 aromatic carbocycles. The van der Waals surface area contributed by atoms with Crippen molar-refractivity contribution in [2.75, 3.05) is 0 Å². The van der Waals surface area contributed by atoms with E-state index in [2.05, 4.69) is 56.3 Å². The second-order valence-electron chi connectivity index (χ2n) is 3.67. The van der Waals surface area contributed by atoms with E-state index in [1.165, 1.54) is 15.4 Å². The molecule has 0 aromatic heterocycles. The molecule has 0 radical (unpaired) electrons. The van der Waals surface area contributed by atoms with Crippen molar-refractivity contribution < 1.29 is 21.1 Å². The van der Waals surface area contributed by atoms with E-state index >= 15 is 0 Å². The maximum Gasteiger partial charge on any atom is 0.00274 e. The second kappa shape index (κ2) is 6.93. The number of aryl methyl sites for hydroxylation is 1. The van der Waals surface area contributed by atoms with Crippen LogP contribution in [0.3, 0.4) is 0 Å². The predicted molar refractivity (Wildman–Crippen MR) is 70.8 cm³/mol. The van der Waals surface area contributed by atoms with Gasteiger partial charge in [-0.2, -0.15) is 30.3 Å². The molecule has 0 N–H and O–H groups in total. The molecule has 0 atom stereocenters. The third kappa shape index (κ3) is 3.66. The average molecular weight is 411 g/mol. The van der Waals surface area contributed by atoms with Crippen molar-refractivity contribution in [2.45, 2.75) is 23.1 Å². The molecule has 0 unspecified atom stereocenters. The van der Waals surface area contributed by atoms with Gasteiger partial charge >= 0.3 is 0 Å². The average Bonchev–Trinajstić information content (AvgIpc) is 2.33. The van der Waals surface area contributed by atoms with E-state index < -0.39 is 0 Å². The molecule has 0 nitrogen and oxygen atoms in total. The molecule has 0 aliphatic heterocycles. The van der Waals surface area contributed by atoms with Gasteiger partial charge in [-0.25, -0.2) is 0 Å². The summed E-state index contributed by atoms with van der Waals surface area (Å²) >= 11 is 1.80. The van der Waals surface area contributed by atoms with Crippen molar-refractivity contribution in [1.29, 1.82) is 0 Å². The smallest absolute Gasteiger partial charge is 0.00274 e. The summed E-state index contributed by atoms with van der Waals surface area (Å²) in [5.74, 6) is 0. The predicted octanol–water partition coefficient (Wildman–Crippen LogP) is 4.58. The van der Waals surface area contributed by atoms with Crippen LogP contribution in [0.2, 0.25) is 0 Å². The molecule has 0 saturated carbocycles. The first-order chi connectivity index (χ1) is 7.81. The van der Waals surface area contributed by atoms with Crippen LogP contribution in [-0.2, 0) is 27.5 Å². The van der Waals surface area contributed by atoms with Crippen LogP contribution in [0.15, 0.2) is 58.3 Å². The van der Waals surface area contributed by atoms with Gasteiger partial charge in [0.2, 0.25) is 0 Å². The topological polar surface area (TPSA) is 0 Å². The van der Waals surface area contributed by atoms with Crippen LogP contribution in [0.1, 0.15) is 18.1 Å². The summed E-state index contributed by atoms with van der Waals surface area (Å²) in [6.07, 6.45) is 1.07. The molecule has 0 aliphatic carbocycles. The third-order valence-electron chi connectivity index (χ3n) is 2.55. The molecule has 0 bridgehead atoms. The Morgan fingerprint density at radius 2 is 1.53 bits per heavy atom. The van der Waals surface area contributed by atoms with Crippen LogP contribution in [-0.4, -0.2) is 0 Å². The molecule has 2 heteroatoms. The van der Waals surface area contributed by atoms with Gasteiger partial charge < -0.3 is 0 Å². The van der Waals surface area contributed by atoms with Crippen LogP contribution in [0, 0.1) is 6.92 Å². The molecule has 0 amide bonds. The van der Waals surface area contributed by atoms with E-state index in [4.69, 9.17) is 0 Å². The van der Waals surface area contributed by atoms with Gasteiger partial charge in [-0.3, -0.25) is 0 Å². The molecule has 2 aromatic rings. The van der Waals surface area contributed by atoms with Crippen LogP contribution < -0.4 is 0 Å². The quantitative estimate of drug-likeness (QED) is 0.667. The van der Waals surface area contributed by atoms with Gasteiger partial charge in [0.05, 0.1) is 0 Å². The molecule has 88 valence electrons. The van der Waals surface area contributed by atoms with Gasteiger partial charge in [0.1, 0.15) is 0 Å². The Morgan fingerprint density at radius 3 is 2.18 bits per heavy atom. The minimum absolute atomic E-state index is 0. The molecule has 0 aliphatic rings. The summed E-state index contributed by atoms with van der Waals surface area (Å²) in [5, 5.41) is 0. The monoisotopic (exact) mass is 411 g/mol. The van der Waals surface area contributed by atoms with E-state index in [0.29, 0.717) is 0 Å². The maximum atomic E-state index is 4.05. The first-order valence-electron chi connectivity index (χ1n) is 5.48. The van der Waals surface area contributed by atoms with Crippen LogP contribution in [0.25, 0.3) is 0 Å². The molecular formula is C15H15SW-. The Labute approximate surface area is 122 Å². The Hall–Kier alpha value is -0.652. The van der Waals surface area contributed by atoms with Crippen molar-refractivity contribution in [1.82, 2.24) is 0 Å². The molecular weight excluding hydrogens is 396 g/mol. The minimum Gasteiger partial charge on any atom is -0.198 e. The van der Waals surface area contributed by atoms with E-state index in [0.717, 1.165) is 12.0 Å². The number of rotatable bonds is 3. The fourth-order valence-corrected chi connectivity index (χ4v) is 2.69. The van der Waals surface area contributed by atoms with E-state index in [1.807, 2.05) is 6.07 Å². The standard InChI is InChI=1S/C15H15S.W/c1-3-13-9-5-7-11-15(13)16-14-10-6-4-8-12(14)2;/h4-11H,2-3H2,1H3;/q-1;. The van der Waals surface area contributed by atoms with Crippen molar-refractivity contribution in [3.8, 4) is 0 Å². The summed E-state index contributed by atoms with van der Waals surface area (Å²) in [4.78, 5) is 2.57. The first kappa shape index (κ1) is 14.4. The number of benzene rings is 2. The Morgan fingerprint density at radius 1 is 0.941 bits per heavy atom. The SMILES string of the molecule is [CH2-]c1ccccc1Sc1ccccc1CC.[W]. The van der Waals surface area contributed by atoms with E-state index in [9.17, 15) is 0 Å². The summed E-state index contributed by atoms with van der Waals surface area (Å²) in [6, 6.07) is 16.8. The molecule has 0 fully saturated rings. The van der Waals surface area contributed by atoms with E-state index in [-0.39, 0.29) is 21.1 Å². The Bertz CT molecular complexity index is 480. The fourth-order valence-electron chi connectivity index (χ4n) is 1.62. The normalized spacial score (nSPS) is 9.71. The Kier molecular flexibility index (Phi) is 5.88. The molecule has 2 rings (SSSR count). The summed E-state index contributed by atoms with van der Waals surface area (Å²) in [7, 11) is 0. The molecule has 0 spiro atoms. The van der Waals surface area contributed by atoms with Crippen LogP contribution >= 0.6 is 11.8 Å². The minimum atomic E-state index is 0. The van der Waals surface area contributed by atoms with E-state index in [1.54, 1.807) is 11.8 Å². The van der Waals surface area contributed by atoms with Crippen LogP contribution in [0.4, 0.5) is 0 Å². The third-order valence-corrected chi connectivity index (χ3v) is 3.78. The maximum absolute atomic E-state index is 4.05. The van der Waals surface area contributed by atoms with Gasteiger partial charge in [-0.05, 0) is 18.1 Å². The number of hydrogen-bond acceptors (Lipinski definition) is 1. The molecule has 0 heterocycles. The number of hydrogen-bond donors (Lipinski definition) is 0. The van der Waals surface area contributed by atoms with Crippen molar-refractivity contribution in [3.63, 3.8) is 0 Å². The van der Waals surface area contributed by atoms with Gasteiger partial charge in [-0.1, -0.05) is 36.1 Å². The first-order valence-corrected chi connectivity index (χ1v) is 6.29. The zero-order chi connectivity index (χ0) is 11.4. The van der Waals surface area contributed by atoms with Gasteiger partial charge in [0.25, 0.3) is 0 Å². The summed E-state index contributed by atoms with van der Waals surface area (Å²) in [5.41, 5.74) is 2.49. The zero-order valence-corrected chi connectivity index (χ0v) is 13.6. The molecule has 0 saturated heterocycles. The zero-order valence-electron chi connectivity index (χ0n) is 9.85. The van der Waals surface area contributed by atoms with Gasteiger partial charge in [0.15, 0.2) is 0 Å². The Balaban J connectivity index is 0.00000144. The summed E-state index contributed by atoms with van der Waals surface area (Å²) in [6.45, 7) is 6.24.